The summed E-state index contributed by atoms with van der Waals surface area (Å²) in [5.74, 6) is 0.302. The molecular weight excluding hydrogens is 250 g/mol. The summed E-state index contributed by atoms with van der Waals surface area (Å²) < 4.78 is 9.91. The van der Waals surface area contributed by atoms with E-state index in [9.17, 15) is 14.9 Å². The van der Waals surface area contributed by atoms with Gasteiger partial charge in [0.05, 0.1) is 18.1 Å². The Morgan fingerprint density at radius 1 is 1.58 bits per heavy atom. The lowest BCUT2D eigenvalue weighted by Gasteiger charge is -2.00. The molecule has 1 aromatic rings. The Kier molecular flexibility index (Phi) is 4.86. The van der Waals surface area contributed by atoms with Gasteiger partial charge in [-0.15, -0.1) is 0 Å². The Morgan fingerprint density at radius 3 is 2.68 bits per heavy atom. The van der Waals surface area contributed by atoms with Crippen molar-refractivity contribution in [1.82, 2.24) is 0 Å². The Hall–Kier alpha value is -2.11. The number of carbonyl (C=O) groups excluding carboxylic acids is 1. The molecule has 0 aliphatic heterocycles. The number of furan rings is 1. The fraction of sp³-hybridized carbons (Fsp3) is 0.462. The van der Waals surface area contributed by atoms with E-state index in [-0.39, 0.29) is 22.9 Å². The Balaban J connectivity index is 3.08. The van der Waals surface area contributed by atoms with Gasteiger partial charge in [0, 0.05) is 6.42 Å². The predicted molar refractivity (Wildman–Crippen MR) is 69.2 cm³/mol. The second kappa shape index (κ2) is 6.17. The van der Waals surface area contributed by atoms with Gasteiger partial charge in [-0.3, -0.25) is 10.1 Å². The van der Waals surface area contributed by atoms with Gasteiger partial charge in [-0.25, -0.2) is 4.79 Å². The lowest BCUT2D eigenvalue weighted by molar-refractivity contribution is -0.427. The molecule has 0 radical (unpaired) electrons. The summed E-state index contributed by atoms with van der Waals surface area (Å²) in [6.45, 7) is 5.40. The number of hydrogen-bond acceptors (Lipinski definition) is 5. The van der Waals surface area contributed by atoms with Crippen molar-refractivity contribution in [1.29, 1.82) is 0 Å². The van der Waals surface area contributed by atoms with E-state index in [0.29, 0.717) is 12.2 Å². The molecule has 0 amide bonds. The average molecular weight is 267 g/mol. The highest BCUT2D eigenvalue weighted by atomic mass is 16.6. The molecule has 19 heavy (non-hydrogen) atoms. The summed E-state index contributed by atoms with van der Waals surface area (Å²) in [5.41, 5.74) is 0.334. The number of allylic oxidation sites excluding steroid dienone is 1. The van der Waals surface area contributed by atoms with Gasteiger partial charge in [0.25, 0.3) is 0 Å². The van der Waals surface area contributed by atoms with Crippen LogP contribution in [0.5, 0.6) is 0 Å². The lowest BCUT2D eigenvalue weighted by Crippen LogP contribution is -2.02. The Labute approximate surface area is 111 Å². The first-order chi connectivity index (χ1) is 8.85. The summed E-state index contributed by atoms with van der Waals surface area (Å²) in [6.07, 6.45) is 1.68. The molecular formula is C13H17NO5. The molecule has 6 heteroatoms. The van der Waals surface area contributed by atoms with E-state index >= 15 is 0 Å². The van der Waals surface area contributed by atoms with Gasteiger partial charge < -0.3 is 9.15 Å². The third kappa shape index (κ3) is 3.94. The van der Waals surface area contributed by atoms with Gasteiger partial charge in [-0.2, -0.15) is 0 Å². The van der Waals surface area contributed by atoms with E-state index in [2.05, 4.69) is 4.74 Å². The average Bonchev–Trinajstić information content (AvgIpc) is 2.67. The number of methoxy groups -OCH3 is 1. The molecule has 104 valence electrons. The van der Waals surface area contributed by atoms with Crippen molar-refractivity contribution in [2.75, 3.05) is 7.11 Å². The van der Waals surface area contributed by atoms with Crippen LogP contribution in [-0.2, 0) is 4.74 Å². The number of nitrogens with zero attached hydrogens (tertiary/aromatic N) is 1. The molecule has 0 saturated heterocycles. The smallest absolute Gasteiger partial charge is 0.341 e. The van der Waals surface area contributed by atoms with E-state index in [1.54, 1.807) is 6.92 Å². The van der Waals surface area contributed by atoms with Crippen LogP contribution in [0.1, 0.15) is 42.1 Å². The third-order valence-electron chi connectivity index (χ3n) is 2.50. The van der Waals surface area contributed by atoms with Gasteiger partial charge >= 0.3 is 5.97 Å². The number of ether oxygens (including phenoxy) is 1. The van der Waals surface area contributed by atoms with Crippen molar-refractivity contribution >= 4 is 12.0 Å². The van der Waals surface area contributed by atoms with E-state index in [1.807, 2.05) is 13.8 Å². The molecule has 0 spiro atoms. The fourth-order valence-corrected chi connectivity index (χ4v) is 1.66. The number of aryl methyl sites for hydroxylation is 1. The number of carbonyl (C=O) groups is 1. The topological polar surface area (TPSA) is 82.6 Å². The van der Waals surface area contributed by atoms with Crippen LogP contribution in [-0.4, -0.2) is 18.0 Å². The van der Waals surface area contributed by atoms with Crippen LogP contribution in [0.4, 0.5) is 0 Å². The van der Waals surface area contributed by atoms with E-state index < -0.39 is 10.9 Å². The summed E-state index contributed by atoms with van der Waals surface area (Å²) in [5, 5.41) is 10.9. The minimum Gasteiger partial charge on any atom is -0.465 e. The number of hydrogen-bond donors (Lipinski definition) is 0. The van der Waals surface area contributed by atoms with Crippen molar-refractivity contribution in [2.24, 2.45) is 5.92 Å². The van der Waals surface area contributed by atoms with Crippen LogP contribution >= 0.6 is 0 Å². The predicted octanol–water partition coefficient (Wildman–Crippen LogP) is 3.04. The van der Waals surface area contributed by atoms with Crippen molar-refractivity contribution in [2.45, 2.75) is 27.2 Å². The zero-order valence-corrected chi connectivity index (χ0v) is 11.4. The number of nitro groups is 1. The maximum Gasteiger partial charge on any atom is 0.341 e. The second-order valence-electron chi connectivity index (χ2n) is 4.60. The highest BCUT2D eigenvalue weighted by Gasteiger charge is 2.18. The van der Waals surface area contributed by atoms with Crippen LogP contribution in [0, 0.1) is 23.0 Å². The van der Waals surface area contributed by atoms with Crippen LogP contribution < -0.4 is 0 Å². The SMILES string of the molecule is COC(=O)c1cc(C=C(CC(C)C)[N+](=O)[O-])oc1C. The van der Waals surface area contributed by atoms with E-state index in [0.717, 1.165) is 0 Å². The molecule has 0 unspecified atom stereocenters. The highest BCUT2D eigenvalue weighted by Crippen LogP contribution is 2.21. The highest BCUT2D eigenvalue weighted by molar-refractivity contribution is 5.91. The van der Waals surface area contributed by atoms with E-state index in [1.165, 1.54) is 19.3 Å². The third-order valence-corrected chi connectivity index (χ3v) is 2.50. The molecule has 1 aromatic heterocycles. The summed E-state index contributed by atoms with van der Waals surface area (Å²) in [4.78, 5) is 21.9. The van der Waals surface area contributed by atoms with Gasteiger partial charge in [0.2, 0.25) is 5.70 Å². The van der Waals surface area contributed by atoms with Gasteiger partial charge in [-0.1, -0.05) is 13.8 Å². The molecule has 0 aromatic carbocycles. The lowest BCUT2D eigenvalue weighted by atomic mass is 10.1. The van der Waals surface area contributed by atoms with Crippen molar-refractivity contribution in [3.8, 4) is 0 Å². The molecule has 1 rings (SSSR count). The first kappa shape index (κ1) is 14.9. The number of rotatable bonds is 5. The monoisotopic (exact) mass is 267 g/mol. The van der Waals surface area contributed by atoms with Crippen molar-refractivity contribution < 1.29 is 18.9 Å². The molecule has 0 saturated carbocycles. The standard InChI is InChI=1S/C13H17NO5/c1-8(2)5-10(14(16)17)6-11-7-12(9(3)19-11)13(15)18-4/h6-8H,5H2,1-4H3. The molecule has 6 nitrogen and oxygen atoms in total. The molecule has 0 bridgehead atoms. The summed E-state index contributed by atoms with van der Waals surface area (Å²) in [6, 6.07) is 1.45. The molecule has 1 heterocycles. The minimum atomic E-state index is -0.521. The van der Waals surface area contributed by atoms with Crippen LogP contribution in [0.3, 0.4) is 0 Å². The number of esters is 1. The summed E-state index contributed by atoms with van der Waals surface area (Å²) in [7, 11) is 1.27. The molecule has 0 aliphatic carbocycles. The minimum absolute atomic E-state index is 0.0557. The van der Waals surface area contributed by atoms with Crippen molar-refractivity contribution in [3.05, 3.63) is 39.0 Å². The molecule has 0 N–H and O–H groups in total. The Morgan fingerprint density at radius 2 is 2.21 bits per heavy atom. The summed E-state index contributed by atoms with van der Waals surface area (Å²) >= 11 is 0. The zero-order chi connectivity index (χ0) is 14.6. The molecule has 0 atom stereocenters. The normalized spacial score (nSPS) is 11.7. The maximum absolute atomic E-state index is 11.4. The largest absolute Gasteiger partial charge is 0.465 e. The van der Waals surface area contributed by atoms with Crippen LogP contribution in [0.25, 0.3) is 6.08 Å². The van der Waals surface area contributed by atoms with Gasteiger partial charge in [-0.05, 0) is 18.9 Å². The van der Waals surface area contributed by atoms with Crippen LogP contribution in [0.15, 0.2) is 16.2 Å². The first-order valence-electron chi connectivity index (χ1n) is 5.88. The van der Waals surface area contributed by atoms with E-state index in [4.69, 9.17) is 4.42 Å². The van der Waals surface area contributed by atoms with Crippen molar-refractivity contribution in [3.63, 3.8) is 0 Å². The zero-order valence-electron chi connectivity index (χ0n) is 11.4. The molecule has 0 fully saturated rings. The first-order valence-corrected chi connectivity index (χ1v) is 5.88. The van der Waals surface area contributed by atoms with Gasteiger partial charge in [0.15, 0.2) is 0 Å². The quantitative estimate of drug-likeness (QED) is 0.465. The van der Waals surface area contributed by atoms with Gasteiger partial charge in [0.1, 0.15) is 17.1 Å². The van der Waals surface area contributed by atoms with Crippen LogP contribution in [0.2, 0.25) is 0 Å². The molecule has 0 aliphatic rings. The Bertz CT molecular complexity index is 513. The maximum atomic E-state index is 11.4. The fourth-order valence-electron chi connectivity index (χ4n) is 1.66. The second-order valence-corrected chi connectivity index (χ2v) is 4.60.